The Kier molecular flexibility index (Phi) is 4.04. The van der Waals surface area contributed by atoms with Crippen molar-refractivity contribution in [3.63, 3.8) is 0 Å². The van der Waals surface area contributed by atoms with Crippen molar-refractivity contribution in [3.8, 4) is 0 Å². The fourth-order valence-electron chi connectivity index (χ4n) is 4.45. The number of nitrogens with zero attached hydrogens (tertiary/aromatic N) is 1. The number of carbonyl (C=O) groups is 2. The molecule has 2 aliphatic rings. The minimum absolute atomic E-state index is 0.0411. The largest absolute Gasteiger partial charge is 0.481 e. The second-order valence-corrected chi connectivity index (χ2v) is 7.12. The fraction of sp³-hybridized carbons (Fsp3) is 0.556. The van der Waals surface area contributed by atoms with Gasteiger partial charge in [0.05, 0.1) is 5.92 Å². The molecule has 1 saturated heterocycles. The van der Waals surface area contributed by atoms with Gasteiger partial charge in [0.25, 0.3) is 0 Å². The lowest BCUT2D eigenvalue weighted by Gasteiger charge is -2.62. The smallest absolute Gasteiger partial charge is 0.410 e. The molecule has 1 aliphatic carbocycles. The van der Waals surface area contributed by atoms with Crippen molar-refractivity contribution >= 4 is 12.1 Å². The summed E-state index contributed by atoms with van der Waals surface area (Å²) in [5, 5.41) is 9.45. The highest BCUT2D eigenvalue weighted by Crippen LogP contribution is 2.57. The van der Waals surface area contributed by atoms with E-state index in [2.05, 4.69) is 0 Å². The highest BCUT2D eigenvalue weighted by atomic mass is 16.6. The predicted molar refractivity (Wildman–Crippen MR) is 84.8 cm³/mol. The Morgan fingerprint density at radius 1 is 1.30 bits per heavy atom. The first-order valence-corrected chi connectivity index (χ1v) is 8.13. The molecule has 0 spiro atoms. The molecule has 0 unspecified atom stereocenters. The minimum Gasteiger partial charge on any atom is -0.481 e. The lowest BCUT2D eigenvalue weighted by molar-refractivity contribution is -0.182. The molecular weight excluding hydrogens is 294 g/mol. The van der Waals surface area contributed by atoms with Gasteiger partial charge in [-0.25, -0.2) is 4.79 Å². The Morgan fingerprint density at radius 2 is 2.00 bits per heavy atom. The van der Waals surface area contributed by atoms with E-state index in [1.807, 2.05) is 44.2 Å². The highest BCUT2D eigenvalue weighted by Gasteiger charge is 2.63. The number of piperidine rings is 1. The van der Waals surface area contributed by atoms with E-state index < -0.39 is 11.4 Å². The molecule has 1 aliphatic heterocycles. The lowest BCUT2D eigenvalue weighted by atomic mass is 9.49. The quantitative estimate of drug-likeness (QED) is 0.930. The molecule has 1 saturated carbocycles. The molecule has 23 heavy (non-hydrogen) atoms. The monoisotopic (exact) mass is 317 g/mol. The summed E-state index contributed by atoms with van der Waals surface area (Å²) in [6, 6.07) is 9.53. The van der Waals surface area contributed by atoms with Crippen LogP contribution in [0.25, 0.3) is 0 Å². The van der Waals surface area contributed by atoms with Crippen molar-refractivity contribution in [3.05, 3.63) is 35.9 Å². The van der Waals surface area contributed by atoms with Crippen LogP contribution >= 0.6 is 0 Å². The molecule has 1 aromatic rings. The number of likely N-dealkylation sites (tertiary alicyclic amines) is 1. The molecule has 0 bridgehead atoms. The first kappa shape index (κ1) is 15.8. The summed E-state index contributed by atoms with van der Waals surface area (Å²) in [5.74, 6) is -1.09. The van der Waals surface area contributed by atoms with E-state index in [-0.39, 0.29) is 30.6 Å². The number of rotatable bonds is 3. The van der Waals surface area contributed by atoms with Crippen molar-refractivity contribution in [2.45, 2.75) is 39.3 Å². The van der Waals surface area contributed by atoms with Crippen molar-refractivity contribution in [2.24, 2.45) is 17.3 Å². The number of benzene rings is 1. The Morgan fingerprint density at radius 3 is 2.65 bits per heavy atom. The second-order valence-electron chi connectivity index (χ2n) is 7.12. The van der Waals surface area contributed by atoms with Gasteiger partial charge in [0.15, 0.2) is 0 Å². The molecule has 3 atom stereocenters. The molecule has 1 aromatic carbocycles. The number of carbonyl (C=O) groups excluding carboxylic acids is 1. The van der Waals surface area contributed by atoms with Gasteiger partial charge in [-0.1, -0.05) is 44.2 Å². The first-order chi connectivity index (χ1) is 10.9. The van der Waals surface area contributed by atoms with Gasteiger partial charge >= 0.3 is 12.1 Å². The predicted octanol–water partition coefficient (Wildman–Crippen LogP) is 3.14. The molecule has 0 radical (unpaired) electrons. The number of amides is 1. The Hall–Kier alpha value is -2.04. The van der Waals surface area contributed by atoms with Crippen LogP contribution < -0.4 is 0 Å². The van der Waals surface area contributed by atoms with Crippen molar-refractivity contribution in [2.75, 3.05) is 6.54 Å². The topological polar surface area (TPSA) is 66.8 Å². The molecular formula is C18H23NO4. The van der Waals surface area contributed by atoms with Gasteiger partial charge in [-0.05, 0) is 29.7 Å². The zero-order valence-electron chi connectivity index (χ0n) is 13.6. The lowest BCUT2D eigenvalue weighted by Crippen LogP contribution is -2.70. The van der Waals surface area contributed by atoms with Gasteiger partial charge in [0.2, 0.25) is 0 Å². The first-order valence-electron chi connectivity index (χ1n) is 8.13. The summed E-state index contributed by atoms with van der Waals surface area (Å²) in [6.07, 6.45) is 1.37. The van der Waals surface area contributed by atoms with Crippen molar-refractivity contribution in [1.82, 2.24) is 4.90 Å². The van der Waals surface area contributed by atoms with Crippen LogP contribution in [0.15, 0.2) is 30.3 Å². The van der Waals surface area contributed by atoms with Crippen LogP contribution in [-0.2, 0) is 16.1 Å². The van der Waals surface area contributed by atoms with Gasteiger partial charge < -0.3 is 14.7 Å². The molecule has 124 valence electrons. The molecule has 5 heteroatoms. The SMILES string of the molecule is CC1(C)[C@H](C(=O)O)[C@H]2CCCN(C(=O)OCc3ccccc3)[C@@H]21. The third kappa shape index (κ3) is 2.69. The third-order valence-electron chi connectivity index (χ3n) is 5.38. The zero-order valence-corrected chi connectivity index (χ0v) is 13.6. The van der Waals surface area contributed by atoms with E-state index in [1.54, 1.807) is 4.90 Å². The number of fused-ring (bicyclic) bond motifs is 1. The van der Waals surface area contributed by atoms with Crippen LogP contribution in [-0.4, -0.2) is 34.7 Å². The standard InChI is InChI=1S/C18H23NO4/c1-18(2)14(16(20)21)13-9-6-10-19(15(13)18)17(22)23-11-12-7-4-3-5-8-12/h3-5,7-8,13-15H,6,9-11H2,1-2H3,(H,20,21)/t13-,14+,15+/m1/s1. The number of carboxylic acid groups (broad SMARTS) is 1. The molecule has 2 fully saturated rings. The number of hydrogen-bond acceptors (Lipinski definition) is 3. The van der Waals surface area contributed by atoms with E-state index in [0.717, 1.165) is 18.4 Å². The summed E-state index contributed by atoms with van der Waals surface area (Å²) in [4.78, 5) is 25.7. The second kappa shape index (κ2) is 5.87. The van der Waals surface area contributed by atoms with Crippen LogP contribution in [0.3, 0.4) is 0 Å². The highest BCUT2D eigenvalue weighted by molar-refractivity contribution is 5.75. The molecule has 1 amide bonds. The van der Waals surface area contributed by atoms with E-state index in [0.29, 0.717) is 6.54 Å². The summed E-state index contributed by atoms with van der Waals surface area (Å²) in [5.41, 5.74) is 0.536. The molecule has 1 heterocycles. The van der Waals surface area contributed by atoms with Gasteiger partial charge in [-0.2, -0.15) is 0 Å². The molecule has 5 nitrogen and oxygen atoms in total. The Balaban J connectivity index is 1.68. The number of carboxylic acids is 1. The maximum Gasteiger partial charge on any atom is 0.410 e. The number of ether oxygens (including phenoxy) is 1. The average molecular weight is 317 g/mol. The zero-order chi connectivity index (χ0) is 16.6. The molecule has 1 N–H and O–H groups in total. The summed E-state index contributed by atoms with van der Waals surface area (Å²) in [6.45, 7) is 4.77. The van der Waals surface area contributed by atoms with E-state index in [4.69, 9.17) is 4.74 Å². The summed E-state index contributed by atoms with van der Waals surface area (Å²) >= 11 is 0. The maximum absolute atomic E-state index is 12.5. The van der Waals surface area contributed by atoms with E-state index in [9.17, 15) is 14.7 Å². The van der Waals surface area contributed by atoms with Crippen LogP contribution in [0.4, 0.5) is 4.79 Å². The van der Waals surface area contributed by atoms with Crippen LogP contribution in [0, 0.1) is 17.3 Å². The number of aliphatic carboxylic acids is 1. The van der Waals surface area contributed by atoms with Crippen LogP contribution in [0.5, 0.6) is 0 Å². The van der Waals surface area contributed by atoms with Gasteiger partial charge in [-0.15, -0.1) is 0 Å². The summed E-state index contributed by atoms with van der Waals surface area (Å²) < 4.78 is 5.45. The minimum atomic E-state index is -0.754. The van der Waals surface area contributed by atoms with E-state index >= 15 is 0 Å². The normalized spacial score (nSPS) is 28.4. The van der Waals surface area contributed by atoms with Gasteiger partial charge in [-0.3, -0.25) is 4.79 Å². The summed E-state index contributed by atoms with van der Waals surface area (Å²) in [7, 11) is 0. The third-order valence-corrected chi connectivity index (χ3v) is 5.38. The van der Waals surface area contributed by atoms with Crippen LogP contribution in [0.2, 0.25) is 0 Å². The van der Waals surface area contributed by atoms with Crippen LogP contribution in [0.1, 0.15) is 32.3 Å². The Bertz CT molecular complexity index is 598. The van der Waals surface area contributed by atoms with Crippen molar-refractivity contribution in [1.29, 1.82) is 0 Å². The van der Waals surface area contributed by atoms with Crippen molar-refractivity contribution < 1.29 is 19.4 Å². The van der Waals surface area contributed by atoms with Gasteiger partial charge in [0, 0.05) is 12.6 Å². The van der Waals surface area contributed by atoms with E-state index in [1.165, 1.54) is 0 Å². The maximum atomic E-state index is 12.5. The fourth-order valence-corrected chi connectivity index (χ4v) is 4.45. The molecule has 3 rings (SSSR count). The number of hydrogen-bond donors (Lipinski definition) is 1. The molecule has 0 aromatic heterocycles. The Labute approximate surface area is 136 Å². The van der Waals surface area contributed by atoms with Gasteiger partial charge in [0.1, 0.15) is 6.61 Å². The average Bonchev–Trinajstić information content (AvgIpc) is 2.52.